The van der Waals surface area contributed by atoms with Gasteiger partial charge >= 0.3 is 0 Å². The molecule has 4 nitrogen and oxygen atoms in total. The Morgan fingerprint density at radius 1 is 1.07 bits per heavy atom. The number of carbonyl (C=O) groups excluding carboxylic acids is 1. The van der Waals surface area contributed by atoms with Crippen LogP contribution in [0, 0.1) is 18.8 Å². The average Bonchev–Trinajstić information content (AvgIpc) is 3.31. The molecule has 2 fully saturated rings. The van der Waals surface area contributed by atoms with E-state index in [1.807, 2.05) is 12.3 Å². The summed E-state index contributed by atoms with van der Waals surface area (Å²) in [5.74, 6) is 2.58. The van der Waals surface area contributed by atoms with E-state index < -0.39 is 0 Å². The van der Waals surface area contributed by atoms with Gasteiger partial charge in [0.25, 0.3) is 0 Å². The lowest BCUT2D eigenvalue weighted by atomic mass is 9.87. The molecule has 4 heteroatoms. The molecule has 2 heterocycles. The van der Waals surface area contributed by atoms with Crippen LogP contribution in [-0.2, 0) is 11.3 Å². The van der Waals surface area contributed by atoms with E-state index in [9.17, 15) is 4.79 Å². The van der Waals surface area contributed by atoms with Crippen LogP contribution in [0.15, 0.2) is 36.5 Å². The lowest BCUT2D eigenvalue weighted by Gasteiger charge is -2.24. The highest BCUT2D eigenvalue weighted by atomic mass is 16.2. The van der Waals surface area contributed by atoms with Crippen LogP contribution < -0.4 is 0 Å². The Hall–Kier alpha value is -2.10. The van der Waals surface area contributed by atoms with Gasteiger partial charge in [0.15, 0.2) is 0 Å². The molecule has 1 atom stereocenters. The van der Waals surface area contributed by atoms with E-state index in [0.717, 1.165) is 43.9 Å². The second-order valence-corrected chi connectivity index (χ2v) is 8.40. The van der Waals surface area contributed by atoms with E-state index >= 15 is 0 Å². The molecule has 0 N–H and O–H groups in total. The highest BCUT2D eigenvalue weighted by Crippen LogP contribution is 2.29. The van der Waals surface area contributed by atoms with Crippen molar-refractivity contribution in [2.24, 2.45) is 11.8 Å². The Balaban J connectivity index is 1.37. The molecule has 4 rings (SSSR count). The smallest absolute Gasteiger partial charge is 0.222 e. The number of amides is 1. The van der Waals surface area contributed by atoms with E-state index in [2.05, 4.69) is 45.6 Å². The fourth-order valence-corrected chi connectivity index (χ4v) is 4.74. The molecule has 2 aliphatic rings. The molecular weight excluding hydrogens is 334 g/mol. The predicted molar refractivity (Wildman–Crippen MR) is 108 cm³/mol. The van der Waals surface area contributed by atoms with Gasteiger partial charge in [0.05, 0.1) is 0 Å². The summed E-state index contributed by atoms with van der Waals surface area (Å²) in [5, 5.41) is 0. The lowest BCUT2D eigenvalue weighted by molar-refractivity contribution is -0.131. The second kappa shape index (κ2) is 8.28. The van der Waals surface area contributed by atoms with Gasteiger partial charge in [-0.05, 0) is 38.0 Å². The SMILES string of the molecule is Cc1cnc(-c2ccccc2)n1CC1CCN(C(=O)CC2CCCCC2)C1. The Morgan fingerprint density at radius 3 is 2.63 bits per heavy atom. The number of carbonyl (C=O) groups is 1. The molecule has 27 heavy (non-hydrogen) atoms. The zero-order valence-electron chi connectivity index (χ0n) is 16.4. The molecule has 0 bridgehead atoms. The van der Waals surface area contributed by atoms with Crippen molar-refractivity contribution in [2.75, 3.05) is 13.1 Å². The van der Waals surface area contributed by atoms with Crippen LogP contribution in [0.3, 0.4) is 0 Å². The van der Waals surface area contributed by atoms with Gasteiger partial charge in [0.2, 0.25) is 5.91 Å². The molecule has 1 aromatic carbocycles. The molecular formula is C23H31N3O. The summed E-state index contributed by atoms with van der Waals surface area (Å²) in [6, 6.07) is 10.4. The van der Waals surface area contributed by atoms with Crippen LogP contribution in [0.2, 0.25) is 0 Å². The number of aryl methyl sites for hydroxylation is 1. The number of benzene rings is 1. The van der Waals surface area contributed by atoms with Gasteiger partial charge in [-0.25, -0.2) is 4.98 Å². The first-order valence-electron chi connectivity index (χ1n) is 10.6. The number of hydrogen-bond acceptors (Lipinski definition) is 2. The van der Waals surface area contributed by atoms with E-state index in [1.54, 1.807) is 0 Å². The highest BCUT2D eigenvalue weighted by molar-refractivity contribution is 5.76. The first kappa shape index (κ1) is 18.3. The fourth-order valence-electron chi connectivity index (χ4n) is 4.74. The highest BCUT2D eigenvalue weighted by Gasteiger charge is 2.29. The topological polar surface area (TPSA) is 38.1 Å². The quantitative estimate of drug-likeness (QED) is 0.772. The lowest BCUT2D eigenvalue weighted by Crippen LogP contribution is -2.31. The van der Waals surface area contributed by atoms with Crippen molar-refractivity contribution >= 4 is 5.91 Å². The Labute approximate surface area is 162 Å². The van der Waals surface area contributed by atoms with Crippen LogP contribution in [0.25, 0.3) is 11.4 Å². The third kappa shape index (κ3) is 4.26. The maximum absolute atomic E-state index is 12.7. The zero-order valence-corrected chi connectivity index (χ0v) is 16.4. The van der Waals surface area contributed by atoms with Crippen LogP contribution in [0.4, 0.5) is 0 Å². The number of likely N-dealkylation sites (tertiary alicyclic amines) is 1. The molecule has 1 aromatic heterocycles. The zero-order chi connectivity index (χ0) is 18.6. The monoisotopic (exact) mass is 365 g/mol. The van der Waals surface area contributed by atoms with Crippen molar-refractivity contribution in [2.45, 2.75) is 58.4 Å². The Kier molecular flexibility index (Phi) is 5.61. The summed E-state index contributed by atoms with van der Waals surface area (Å²) in [5.41, 5.74) is 2.36. The molecule has 1 saturated heterocycles. The van der Waals surface area contributed by atoms with Gasteiger partial charge in [-0.15, -0.1) is 0 Å². The third-order valence-electron chi connectivity index (χ3n) is 6.35. The summed E-state index contributed by atoms with van der Waals surface area (Å²) in [4.78, 5) is 19.5. The number of rotatable bonds is 5. The Morgan fingerprint density at radius 2 is 1.85 bits per heavy atom. The normalized spacial score (nSPS) is 20.9. The number of imidazole rings is 1. The maximum Gasteiger partial charge on any atom is 0.222 e. The molecule has 144 valence electrons. The van der Waals surface area contributed by atoms with E-state index in [1.165, 1.54) is 37.8 Å². The van der Waals surface area contributed by atoms with Crippen LogP contribution in [0.1, 0.15) is 50.6 Å². The van der Waals surface area contributed by atoms with Gasteiger partial charge in [-0.2, -0.15) is 0 Å². The van der Waals surface area contributed by atoms with Crippen molar-refractivity contribution < 1.29 is 4.79 Å². The van der Waals surface area contributed by atoms with Gasteiger partial charge in [-0.1, -0.05) is 49.6 Å². The van der Waals surface area contributed by atoms with Crippen molar-refractivity contribution in [1.29, 1.82) is 0 Å². The average molecular weight is 366 g/mol. The molecule has 1 aliphatic heterocycles. The van der Waals surface area contributed by atoms with E-state index in [4.69, 9.17) is 0 Å². The molecule has 0 radical (unpaired) electrons. The number of aromatic nitrogens is 2. The molecule has 0 spiro atoms. The summed E-state index contributed by atoms with van der Waals surface area (Å²) in [7, 11) is 0. The second-order valence-electron chi connectivity index (χ2n) is 8.40. The van der Waals surface area contributed by atoms with Crippen molar-refractivity contribution in [1.82, 2.24) is 14.5 Å². The summed E-state index contributed by atoms with van der Waals surface area (Å²) >= 11 is 0. The largest absolute Gasteiger partial charge is 0.342 e. The molecule has 1 unspecified atom stereocenters. The van der Waals surface area contributed by atoms with Crippen molar-refractivity contribution in [3.8, 4) is 11.4 Å². The minimum atomic E-state index is 0.384. The van der Waals surface area contributed by atoms with E-state index in [-0.39, 0.29) is 0 Å². The fraction of sp³-hybridized carbons (Fsp3) is 0.565. The van der Waals surface area contributed by atoms with Gasteiger partial charge in [-0.3, -0.25) is 4.79 Å². The Bertz CT molecular complexity index is 761. The first-order valence-corrected chi connectivity index (χ1v) is 10.6. The predicted octanol–water partition coefficient (Wildman–Crippen LogP) is 4.68. The summed E-state index contributed by atoms with van der Waals surface area (Å²) < 4.78 is 2.33. The first-order chi connectivity index (χ1) is 13.2. The van der Waals surface area contributed by atoms with Gasteiger partial charge in [0.1, 0.15) is 5.82 Å². The maximum atomic E-state index is 12.7. The summed E-state index contributed by atoms with van der Waals surface area (Å²) in [6.07, 6.45) is 10.3. The van der Waals surface area contributed by atoms with Crippen molar-refractivity contribution in [3.63, 3.8) is 0 Å². The van der Waals surface area contributed by atoms with E-state index in [0.29, 0.717) is 17.7 Å². The van der Waals surface area contributed by atoms with Crippen LogP contribution >= 0.6 is 0 Å². The standard InChI is InChI=1S/C23H31N3O/c1-18-15-24-23(21-10-6-3-7-11-21)26(18)17-20-12-13-25(16-20)22(27)14-19-8-4-2-5-9-19/h3,6-7,10-11,15,19-20H,2,4-5,8-9,12-14,16-17H2,1H3. The minimum Gasteiger partial charge on any atom is -0.342 e. The van der Waals surface area contributed by atoms with Crippen molar-refractivity contribution in [3.05, 3.63) is 42.2 Å². The molecule has 1 amide bonds. The molecule has 1 saturated carbocycles. The van der Waals surface area contributed by atoms with Crippen LogP contribution in [0.5, 0.6) is 0 Å². The molecule has 2 aromatic rings. The minimum absolute atomic E-state index is 0.384. The summed E-state index contributed by atoms with van der Waals surface area (Å²) in [6.45, 7) is 4.89. The van der Waals surface area contributed by atoms with Gasteiger partial charge in [0, 0.05) is 43.5 Å². The number of nitrogens with zero attached hydrogens (tertiary/aromatic N) is 3. The van der Waals surface area contributed by atoms with Gasteiger partial charge < -0.3 is 9.47 Å². The number of hydrogen-bond donors (Lipinski definition) is 0. The van der Waals surface area contributed by atoms with Crippen LogP contribution in [-0.4, -0.2) is 33.4 Å². The third-order valence-corrected chi connectivity index (χ3v) is 6.35. The molecule has 1 aliphatic carbocycles.